The molecule has 0 spiro atoms. The molecule has 9 heterocycles. The Kier molecular flexibility index (Phi) is 34.2. The summed E-state index contributed by atoms with van der Waals surface area (Å²) >= 11 is 0. The summed E-state index contributed by atoms with van der Waals surface area (Å²) in [5.41, 5.74) is 3.73. The number of aromatic nitrogens is 6. The van der Waals surface area contributed by atoms with Gasteiger partial charge in [0.05, 0.1) is 66.3 Å². The first kappa shape index (κ1) is 95.3. The van der Waals surface area contributed by atoms with Crippen molar-refractivity contribution in [2.24, 2.45) is 35.5 Å². The fraction of sp³-hybridized carbons (Fsp3) is 0.362. The van der Waals surface area contributed by atoms with E-state index >= 15 is 0 Å². The van der Waals surface area contributed by atoms with E-state index in [1.807, 2.05) is 66.7 Å². The van der Waals surface area contributed by atoms with E-state index in [9.17, 15) is 88.2 Å². The molecule has 0 bridgehead atoms. The van der Waals surface area contributed by atoms with Crippen molar-refractivity contribution in [1.29, 1.82) is 0 Å². The number of pyridine rings is 6. The maximum absolute atomic E-state index is 13.8. The third kappa shape index (κ3) is 26.3. The maximum Gasteiger partial charge on any atom is 0.312 e. The summed E-state index contributed by atoms with van der Waals surface area (Å²) in [6.07, 6.45) is 8.82. The fourth-order valence-electron chi connectivity index (χ4n) is 15.3. The normalized spacial score (nSPS) is 25.3. The Morgan fingerprint density at radius 1 is 0.378 bits per heavy atom. The Morgan fingerprint density at radius 3 is 1.08 bits per heavy atom. The molecule has 8 amide bonds. The number of hydrogen-bond donors (Lipinski definition) is 13. The predicted molar refractivity (Wildman–Crippen MR) is 462 cm³/mol. The number of benzene rings is 3. The molecule has 12 rings (SSSR count). The van der Waals surface area contributed by atoms with Crippen molar-refractivity contribution in [1.82, 2.24) is 72.0 Å². The second-order valence-electron chi connectivity index (χ2n) is 32.3. The van der Waals surface area contributed by atoms with Crippen LogP contribution >= 0.6 is 0 Å². The third-order valence-corrected chi connectivity index (χ3v) is 22.8. The first-order valence-electron chi connectivity index (χ1n) is 41.8. The van der Waals surface area contributed by atoms with Crippen LogP contribution in [0.25, 0.3) is 0 Å². The topological polar surface area (TPSA) is 500 Å². The molecule has 9 aromatic rings. The highest BCUT2D eigenvalue weighted by Crippen LogP contribution is 2.28. The molecule has 0 aliphatic carbocycles. The van der Waals surface area contributed by atoms with E-state index in [2.05, 4.69) is 67.1 Å². The predicted octanol–water partition coefficient (Wildman–Crippen LogP) is 4.79. The van der Waals surface area contributed by atoms with Crippen LogP contribution in [0.4, 0.5) is 0 Å². The first-order valence-corrected chi connectivity index (χ1v) is 41.8. The number of nitrogens with one attached hydrogen (secondary N) is 7. The van der Waals surface area contributed by atoms with Gasteiger partial charge in [-0.3, -0.25) is 72.5 Å². The molecule has 3 aliphatic rings. The molecule has 0 saturated carbocycles. The van der Waals surface area contributed by atoms with Crippen LogP contribution in [-0.4, -0.2) is 216 Å². The lowest BCUT2D eigenvalue weighted by Crippen LogP contribution is -2.59. The molecule has 3 unspecified atom stereocenters. The average molecular weight is 1740 g/mol. The number of carbonyl (C=O) groups excluding carboxylic acids is 12. The molecule has 3 aromatic carbocycles. The second kappa shape index (κ2) is 45.6. The van der Waals surface area contributed by atoms with E-state index in [-0.39, 0.29) is 104 Å². The van der Waals surface area contributed by atoms with Crippen molar-refractivity contribution in [3.63, 3.8) is 0 Å². The number of ketones is 3. The molecule has 0 radical (unpaired) electrons. The average Bonchev–Trinajstić information content (AvgIpc) is 0.806. The third-order valence-electron chi connectivity index (χ3n) is 22.8. The number of Topliss-reactive ketones (excluding diaryl/α,β-unsaturated/α-hetero) is 3. The Balaban J connectivity index is 0.000000199. The van der Waals surface area contributed by atoms with Gasteiger partial charge in [0.25, 0.3) is 17.7 Å². The van der Waals surface area contributed by atoms with Crippen LogP contribution in [-0.2, 0) is 86.4 Å². The summed E-state index contributed by atoms with van der Waals surface area (Å²) in [6.45, 7) is 9.48. The summed E-state index contributed by atoms with van der Waals surface area (Å²) in [7, 11) is 1.55. The molecule has 33 heteroatoms. The van der Waals surface area contributed by atoms with Gasteiger partial charge in [-0.05, 0) is 145 Å². The minimum Gasteiger partial charge on any atom is -0.505 e. The lowest BCUT2D eigenvalue weighted by Gasteiger charge is -2.36. The van der Waals surface area contributed by atoms with Crippen molar-refractivity contribution in [3.8, 4) is 17.2 Å². The zero-order valence-corrected chi connectivity index (χ0v) is 71.2. The van der Waals surface area contributed by atoms with Crippen molar-refractivity contribution in [3.05, 3.63) is 270 Å². The summed E-state index contributed by atoms with van der Waals surface area (Å²) in [4.78, 5) is 187. The molecule has 666 valence electrons. The zero-order chi connectivity index (χ0) is 91.5. The van der Waals surface area contributed by atoms with E-state index in [1.54, 1.807) is 133 Å². The first-order chi connectivity index (χ1) is 60.8. The van der Waals surface area contributed by atoms with Gasteiger partial charge in [0.15, 0.2) is 40.5 Å². The van der Waals surface area contributed by atoms with E-state index in [4.69, 9.17) is 4.74 Å². The fourth-order valence-corrected chi connectivity index (χ4v) is 15.3. The van der Waals surface area contributed by atoms with Gasteiger partial charge in [-0.1, -0.05) is 144 Å². The molecule has 6 aromatic heterocycles. The van der Waals surface area contributed by atoms with Crippen LogP contribution < -0.4 is 37.2 Å². The molecule has 13 N–H and O–H groups in total. The highest BCUT2D eigenvalue weighted by molar-refractivity contribution is 6.01. The van der Waals surface area contributed by atoms with E-state index in [0.29, 0.717) is 11.1 Å². The number of ether oxygens (including phenoxy) is 1. The molecule has 3 aliphatic heterocycles. The monoisotopic (exact) mass is 1730 g/mol. The number of carbonyl (C=O) groups is 12. The summed E-state index contributed by atoms with van der Waals surface area (Å²) in [6, 6.07) is 38.0. The molecule has 127 heavy (non-hydrogen) atoms. The Hall–Kier alpha value is -13.9. The van der Waals surface area contributed by atoms with Crippen molar-refractivity contribution < 1.29 is 92.9 Å². The number of hydrogen-bond acceptors (Lipinski definition) is 25. The van der Waals surface area contributed by atoms with Crippen molar-refractivity contribution >= 4 is 70.6 Å². The number of aliphatic hydroxyl groups is 3. The zero-order valence-electron chi connectivity index (χ0n) is 71.2. The van der Waals surface area contributed by atoms with Gasteiger partial charge in [0, 0.05) is 88.5 Å². The standard InChI is InChI=1S/C32H37N5O6.C31H35N5O6.C31H34N4O7/c1-19-15-26(39)24(17-21-9-5-4-6-10-21)37(3)32(43)20(2)29(40)23(16-22-11-7-13-33-18-22)35-30(41)27(19)36-31(42)28-25(38)12-8-14-34-28;1-18-14-25(38)22(15-20-8-4-3-5-9-20)34-29(40)19(2)28(39)23(16-21-10-6-12-32-17-21)35-30(41)26(18)36-31(42)27-24(37)11-7-13-33-27;1-18-14-24(37)25(16-20-8-4-3-5-9-20)42-31(41)19(2)28(38)22(15-21-10-6-12-32-17-21)34-29(39)26(18)35-30(40)27-23(36)11-7-13-33-27/h4-14,18-20,23-24,27,29,38,40H,15-17H2,1-3H3,(H,35,41)(H,36,42);3-13,17-19,22-23,26,28,37,39H,14-16H2,1-2H3,(H,34,40)(H,35,41)(H,36,42);3-13,17-19,22,25-26,28,36,38H,14-16H2,1-2H3,(H,34,39)(H,35,40)/t19-,20+,23-,24?,27-,29-;18-,19+,22?,23-,26-,28-;18-,19+,22-,25?,26-,28-/m000/s1. The van der Waals surface area contributed by atoms with Gasteiger partial charge in [0.2, 0.25) is 29.5 Å². The van der Waals surface area contributed by atoms with Gasteiger partial charge in [-0.15, -0.1) is 0 Å². The quantitative estimate of drug-likeness (QED) is 0.0513. The maximum atomic E-state index is 13.8. The van der Waals surface area contributed by atoms with Gasteiger partial charge < -0.3 is 77.5 Å². The number of esters is 1. The van der Waals surface area contributed by atoms with Crippen LogP contribution in [0.2, 0.25) is 0 Å². The Morgan fingerprint density at radius 2 is 0.709 bits per heavy atom. The number of cyclic esters (lactones) is 1. The number of aliphatic hydroxyl groups excluding tert-OH is 3. The number of rotatable bonds is 18. The number of aromatic hydroxyl groups is 3. The van der Waals surface area contributed by atoms with E-state index in [1.165, 1.54) is 73.7 Å². The van der Waals surface area contributed by atoms with Crippen LogP contribution in [0, 0.1) is 35.5 Å². The van der Waals surface area contributed by atoms with Crippen LogP contribution in [0.3, 0.4) is 0 Å². The summed E-state index contributed by atoms with van der Waals surface area (Å²) in [5, 5.41) is 83.7. The Bertz CT molecular complexity index is 5050. The highest BCUT2D eigenvalue weighted by Gasteiger charge is 2.44. The molecular formula is C94H106N14O19. The van der Waals surface area contributed by atoms with E-state index in [0.717, 1.165) is 22.3 Å². The van der Waals surface area contributed by atoms with Crippen LogP contribution in [0.5, 0.6) is 17.2 Å². The minimum absolute atomic E-state index is 0.102. The van der Waals surface area contributed by atoms with Gasteiger partial charge in [-0.25, -0.2) is 15.0 Å². The lowest BCUT2D eigenvalue weighted by molar-refractivity contribution is -0.163. The molecule has 33 nitrogen and oxygen atoms in total. The molecule has 3 fully saturated rings. The summed E-state index contributed by atoms with van der Waals surface area (Å²) < 4.78 is 5.69. The van der Waals surface area contributed by atoms with E-state index < -0.39 is 167 Å². The van der Waals surface area contributed by atoms with Crippen LogP contribution in [0.15, 0.2) is 220 Å². The number of nitrogens with zero attached hydrogens (tertiary/aromatic N) is 7. The van der Waals surface area contributed by atoms with Crippen molar-refractivity contribution in [2.75, 3.05) is 7.05 Å². The van der Waals surface area contributed by atoms with Gasteiger partial charge in [0.1, 0.15) is 35.4 Å². The molecule has 18 atom stereocenters. The lowest BCUT2D eigenvalue weighted by atomic mass is 9.86. The van der Waals surface area contributed by atoms with Crippen LogP contribution in [0.1, 0.15) is 126 Å². The molecular weight excluding hydrogens is 1630 g/mol. The Labute approximate surface area is 733 Å². The minimum atomic E-state index is -1.40. The molecule has 3 saturated heterocycles. The van der Waals surface area contributed by atoms with Gasteiger partial charge in [-0.2, -0.15) is 0 Å². The summed E-state index contributed by atoms with van der Waals surface area (Å²) in [5.74, 6) is -13.6. The highest BCUT2D eigenvalue weighted by atomic mass is 16.5. The smallest absolute Gasteiger partial charge is 0.312 e. The van der Waals surface area contributed by atoms with Gasteiger partial charge >= 0.3 is 5.97 Å². The second-order valence-corrected chi connectivity index (χ2v) is 32.3. The number of amides is 8. The number of likely N-dealkylation sites (N-methyl/N-ethyl adjacent to an activating group) is 1. The SMILES string of the molecule is C[C@H]1CC(=O)C(Cc2ccccc2)N(C)C(=O)[C@H](C)[C@H](O)[C@H](Cc2cccnc2)NC(=O)[C@H]1NC(=O)c1ncccc1O.C[C@H]1CC(=O)C(Cc2ccccc2)NC(=O)[C@H](C)[C@H](O)[C@H](Cc2cccnc2)NC(=O)[C@H]1NC(=O)c1ncccc1O.C[C@H]1CC(=O)C(Cc2ccccc2)OC(=O)[C@H](C)[C@H](O)[C@H](Cc2cccnc2)NC(=O)[C@H]1NC(=O)c1ncccc1O. The van der Waals surface area contributed by atoms with Crippen molar-refractivity contribution in [2.45, 2.75) is 172 Å². The largest absolute Gasteiger partial charge is 0.505 e.